The molecule has 0 saturated heterocycles. The number of hydrogen-bond donors (Lipinski definition) is 0. The minimum atomic E-state index is 0.708. The summed E-state index contributed by atoms with van der Waals surface area (Å²) in [5.74, 6) is 0. The van der Waals surface area contributed by atoms with Gasteiger partial charge in [-0.15, -0.1) is 0 Å². The zero-order chi connectivity index (χ0) is 11.5. The van der Waals surface area contributed by atoms with E-state index in [1.807, 2.05) is 18.2 Å². The minimum absolute atomic E-state index is 0.708. The van der Waals surface area contributed by atoms with Crippen molar-refractivity contribution < 1.29 is 4.79 Å². The fraction of sp³-hybridized carbons (Fsp3) is 0.308. The molecule has 0 unspecified atom stereocenters. The standard InChI is InChI=1S/C13H14BrNO/c1-10-3-2-6-15(8-10)13-5-4-11(9-16)7-12(13)14/h3-5,7,9H,2,6,8H2,1H3. The Bertz CT molecular complexity index is 440. The van der Waals surface area contributed by atoms with Gasteiger partial charge in [0, 0.05) is 23.1 Å². The molecular formula is C13H14BrNO. The van der Waals surface area contributed by atoms with Crippen LogP contribution in [0.4, 0.5) is 5.69 Å². The quantitative estimate of drug-likeness (QED) is 0.611. The van der Waals surface area contributed by atoms with Gasteiger partial charge in [0.1, 0.15) is 6.29 Å². The number of aldehydes is 1. The maximum atomic E-state index is 10.7. The van der Waals surface area contributed by atoms with Crippen LogP contribution in [0.25, 0.3) is 0 Å². The minimum Gasteiger partial charge on any atom is -0.366 e. The Morgan fingerprint density at radius 2 is 2.25 bits per heavy atom. The first-order valence-corrected chi connectivity index (χ1v) is 6.15. The predicted molar refractivity (Wildman–Crippen MR) is 70.1 cm³/mol. The summed E-state index contributed by atoms with van der Waals surface area (Å²) >= 11 is 3.52. The van der Waals surface area contributed by atoms with Gasteiger partial charge in [0.05, 0.1) is 5.69 Å². The zero-order valence-corrected chi connectivity index (χ0v) is 10.8. The molecule has 2 rings (SSSR count). The summed E-state index contributed by atoms with van der Waals surface area (Å²) in [4.78, 5) is 13.0. The molecule has 1 aliphatic rings. The molecule has 16 heavy (non-hydrogen) atoms. The second kappa shape index (κ2) is 4.83. The van der Waals surface area contributed by atoms with Crippen molar-refractivity contribution in [2.24, 2.45) is 0 Å². The number of rotatable bonds is 2. The van der Waals surface area contributed by atoms with Crippen molar-refractivity contribution in [3.05, 3.63) is 39.9 Å². The van der Waals surface area contributed by atoms with Crippen molar-refractivity contribution >= 4 is 27.9 Å². The maximum absolute atomic E-state index is 10.7. The van der Waals surface area contributed by atoms with E-state index in [1.54, 1.807) is 0 Å². The summed E-state index contributed by atoms with van der Waals surface area (Å²) in [5, 5.41) is 0. The van der Waals surface area contributed by atoms with Crippen LogP contribution in [0.2, 0.25) is 0 Å². The topological polar surface area (TPSA) is 20.3 Å². The molecule has 0 amide bonds. The van der Waals surface area contributed by atoms with Crippen molar-refractivity contribution in [3.8, 4) is 0 Å². The highest BCUT2D eigenvalue weighted by Crippen LogP contribution is 2.29. The lowest BCUT2D eigenvalue weighted by molar-refractivity contribution is 0.112. The van der Waals surface area contributed by atoms with Gasteiger partial charge >= 0.3 is 0 Å². The second-order valence-corrected chi connectivity index (χ2v) is 4.94. The highest BCUT2D eigenvalue weighted by Gasteiger charge is 2.13. The number of carbonyl (C=O) groups excluding carboxylic acids is 1. The summed E-state index contributed by atoms with van der Waals surface area (Å²) < 4.78 is 0.992. The molecule has 1 aromatic carbocycles. The van der Waals surface area contributed by atoms with Crippen LogP contribution in [0.5, 0.6) is 0 Å². The highest BCUT2D eigenvalue weighted by molar-refractivity contribution is 9.10. The van der Waals surface area contributed by atoms with Gasteiger partial charge in [-0.25, -0.2) is 0 Å². The Morgan fingerprint density at radius 3 is 2.88 bits per heavy atom. The molecule has 3 heteroatoms. The van der Waals surface area contributed by atoms with E-state index in [-0.39, 0.29) is 0 Å². The van der Waals surface area contributed by atoms with E-state index in [4.69, 9.17) is 0 Å². The fourth-order valence-corrected chi connectivity index (χ4v) is 2.62. The fourth-order valence-electron chi connectivity index (χ4n) is 1.97. The first kappa shape index (κ1) is 11.4. The maximum Gasteiger partial charge on any atom is 0.150 e. The van der Waals surface area contributed by atoms with Crippen molar-refractivity contribution in [3.63, 3.8) is 0 Å². The van der Waals surface area contributed by atoms with Crippen LogP contribution < -0.4 is 4.90 Å². The lowest BCUT2D eigenvalue weighted by Crippen LogP contribution is -2.29. The summed E-state index contributed by atoms with van der Waals surface area (Å²) in [5.41, 5.74) is 3.27. The van der Waals surface area contributed by atoms with Gasteiger partial charge in [-0.3, -0.25) is 4.79 Å². The molecule has 2 nitrogen and oxygen atoms in total. The third-order valence-electron chi connectivity index (χ3n) is 2.78. The molecule has 0 saturated carbocycles. The van der Waals surface area contributed by atoms with Crippen LogP contribution >= 0.6 is 15.9 Å². The number of hydrogen-bond acceptors (Lipinski definition) is 2. The molecule has 1 aromatic rings. The van der Waals surface area contributed by atoms with E-state index in [1.165, 1.54) is 5.57 Å². The van der Waals surface area contributed by atoms with Crippen LogP contribution in [0, 0.1) is 0 Å². The number of nitrogens with zero attached hydrogens (tertiary/aromatic N) is 1. The first-order valence-electron chi connectivity index (χ1n) is 5.36. The smallest absolute Gasteiger partial charge is 0.150 e. The molecule has 0 atom stereocenters. The average Bonchev–Trinajstić information content (AvgIpc) is 2.28. The molecule has 0 radical (unpaired) electrons. The predicted octanol–water partition coefficient (Wildman–Crippen LogP) is 3.42. The van der Waals surface area contributed by atoms with Crippen LogP contribution in [0.15, 0.2) is 34.3 Å². The van der Waals surface area contributed by atoms with Crippen LogP contribution in [0.3, 0.4) is 0 Å². The molecule has 0 N–H and O–H groups in total. The highest BCUT2D eigenvalue weighted by atomic mass is 79.9. The van der Waals surface area contributed by atoms with E-state index >= 15 is 0 Å². The summed E-state index contributed by atoms with van der Waals surface area (Å²) in [6.07, 6.45) is 4.24. The molecule has 0 bridgehead atoms. The summed E-state index contributed by atoms with van der Waals surface area (Å²) in [7, 11) is 0. The molecule has 0 spiro atoms. The van der Waals surface area contributed by atoms with Gasteiger partial charge in [-0.1, -0.05) is 11.6 Å². The molecule has 84 valence electrons. The lowest BCUT2D eigenvalue weighted by Gasteiger charge is -2.29. The number of anilines is 1. The van der Waals surface area contributed by atoms with E-state index in [2.05, 4.69) is 33.8 Å². The van der Waals surface area contributed by atoms with Gasteiger partial charge in [0.2, 0.25) is 0 Å². The van der Waals surface area contributed by atoms with Crippen molar-refractivity contribution in [2.75, 3.05) is 18.0 Å². The number of carbonyl (C=O) groups is 1. The monoisotopic (exact) mass is 279 g/mol. The number of benzene rings is 1. The molecule has 1 heterocycles. The Labute approximate surface area is 104 Å². The van der Waals surface area contributed by atoms with Gasteiger partial charge in [-0.2, -0.15) is 0 Å². The van der Waals surface area contributed by atoms with E-state index in [0.29, 0.717) is 5.56 Å². The molecular weight excluding hydrogens is 266 g/mol. The largest absolute Gasteiger partial charge is 0.366 e. The Balaban J connectivity index is 2.27. The first-order chi connectivity index (χ1) is 7.70. The Kier molecular flexibility index (Phi) is 3.44. The van der Waals surface area contributed by atoms with Gasteiger partial charge in [-0.05, 0) is 47.5 Å². The van der Waals surface area contributed by atoms with E-state index < -0.39 is 0 Å². The van der Waals surface area contributed by atoms with E-state index in [0.717, 1.165) is 36.0 Å². The molecule has 1 aliphatic heterocycles. The van der Waals surface area contributed by atoms with Gasteiger partial charge < -0.3 is 4.90 Å². The molecule has 0 fully saturated rings. The Hall–Kier alpha value is -1.09. The van der Waals surface area contributed by atoms with Crippen molar-refractivity contribution in [1.29, 1.82) is 0 Å². The van der Waals surface area contributed by atoms with Crippen LogP contribution in [-0.4, -0.2) is 19.4 Å². The SMILES string of the molecule is CC1=CCCN(c2ccc(C=O)cc2Br)C1. The average molecular weight is 280 g/mol. The third-order valence-corrected chi connectivity index (χ3v) is 3.42. The van der Waals surface area contributed by atoms with Crippen molar-refractivity contribution in [1.82, 2.24) is 0 Å². The van der Waals surface area contributed by atoms with Crippen molar-refractivity contribution in [2.45, 2.75) is 13.3 Å². The summed E-state index contributed by atoms with van der Waals surface area (Å²) in [6.45, 7) is 4.16. The second-order valence-electron chi connectivity index (χ2n) is 4.09. The molecule has 0 aliphatic carbocycles. The Morgan fingerprint density at radius 1 is 1.44 bits per heavy atom. The summed E-state index contributed by atoms with van der Waals surface area (Å²) in [6, 6.07) is 5.74. The third kappa shape index (κ3) is 2.35. The van der Waals surface area contributed by atoms with Gasteiger partial charge in [0.25, 0.3) is 0 Å². The number of halogens is 1. The van der Waals surface area contributed by atoms with Crippen LogP contribution in [-0.2, 0) is 0 Å². The van der Waals surface area contributed by atoms with Crippen LogP contribution in [0.1, 0.15) is 23.7 Å². The van der Waals surface area contributed by atoms with Gasteiger partial charge in [0.15, 0.2) is 0 Å². The zero-order valence-electron chi connectivity index (χ0n) is 9.24. The lowest BCUT2D eigenvalue weighted by atomic mass is 10.1. The normalized spacial score (nSPS) is 15.9. The van der Waals surface area contributed by atoms with E-state index in [9.17, 15) is 4.79 Å². The molecule has 0 aromatic heterocycles.